The van der Waals surface area contributed by atoms with E-state index in [1.807, 2.05) is 0 Å². The second-order valence-corrected chi connectivity index (χ2v) is 11.6. The van der Waals surface area contributed by atoms with Crippen LogP contribution in [0, 0.1) is 0 Å². The molecule has 0 atom stereocenters. The molecule has 15 heteroatoms. The van der Waals surface area contributed by atoms with Crippen molar-refractivity contribution in [3.05, 3.63) is 48.7 Å². The van der Waals surface area contributed by atoms with Crippen LogP contribution in [0.5, 0.6) is 0 Å². The zero-order chi connectivity index (χ0) is 28.2. The van der Waals surface area contributed by atoms with Gasteiger partial charge in [-0.2, -0.15) is 20.1 Å². The number of amides is 2. The summed E-state index contributed by atoms with van der Waals surface area (Å²) in [6.07, 6.45) is 4.99. The Balaban J connectivity index is 1.16. The van der Waals surface area contributed by atoms with Crippen molar-refractivity contribution in [2.75, 3.05) is 59.5 Å². The van der Waals surface area contributed by atoms with E-state index >= 15 is 0 Å². The van der Waals surface area contributed by atoms with Crippen molar-refractivity contribution in [1.29, 1.82) is 0 Å². The number of sulfonamides is 1. The minimum atomic E-state index is -3.81. The number of urea groups is 1. The third-order valence-electron chi connectivity index (χ3n) is 6.99. The van der Waals surface area contributed by atoms with Crippen molar-refractivity contribution < 1.29 is 13.2 Å². The van der Waals surface area contributed by atoms with Gasteiger partial charge >= 0.3 is 6.03 Å². The van der Waals surface area contributed by atoms with Crippen LogP contribution < -0.4 is 25.6 Å². The maximum Gasteiger partial charge on any atom is 0.317 e. The fourth-order valence-electron chi connectivity index (χ4n) is 4.82. The van der Waals surface area contributed by atoms with Crippen LogP contribution >= 0.6 is 0 Å². The molecule has 0 aliphatic carbocycles. The van der Waals surface area contributed by atoms with E-state index in [1.54, 1.807) is 41.4 Å². The lowest BCUT2D eigenvalue weighted by molar-refractivity contribution is 0.219. The van der Waals surface area contributed by atoms with E-state index in [1.165, 1.54) is 18.6 Å². The Bertz CT molecular complexity index is 1640. The number of carbonyl (C=O) groups excluding carboxylic acids is 1. The van der Waals surface area contributed by atoms with Gasteiger partial charge in [-0.25, -0.2) is 13.2 Å². The average Bonchev–Trinajstić information content (AvgIpc) is 3.62. The van der Waals surface area contributed by atoms with Crippen LogP contribution in [0.15, 0.2) is 53.6 Å². The maximum absolute atomic E-state index is 13.0. The van der Waals surface area contributed by atoms with Gasteiger partial charge in [-0.05, 0) is 61.7 Å². The number of nitrogens with zero attached hydrogens (tertiary/aromatic N) is 6. The standard InChI is InChI=1S/C26H31N11O3S/c38-26-28-11-15-37(26)14-10-27-23-31-24(33-25(32-23)36-12-2-1-3-13-36)30-19-6-8-21(9-7-19)41(39,40)35-20-5-4-18-17-29-34-22(18)16-20/h4-9,16-17,35H,1-3,10-15H2,(H,28,38)(H,29,34)(H2,27,30,31,32,33). The molecule has 4 aromatic rings. The van der Waals surface area contributed by atoms with Crippen LogP contribution in [0.1, 0.15) is 19.3 Å². The number of aromatic nitrogens is 5. The number of hydrogen-bond acceptors (Lipinski definition) is 10. The fourth-order valence-corrected chi connectivity index (χ4v) is 5.87. The predicted octanol–water partition coefficient (Wildman–Crippen LogP) is 2.72. The molecule has 0 spiro atoms. The summed E-state index contributed by atoms with van der Waals surface area (Å²) in [6.45, 7) is 4.06. The number of carbonyl (C=O) groups is 1. The Morgan fingerprint density at radius 2 is 1.68 bits per heavy atom. The molecule has 5 N–H and O–H groups in total. The molecule has 4 heterocycles. The lowest BCUT2D eigenvalue weighted by atomic mass is 10.1. The first-order valence-electron chi connectivity index (χ1n) is 13.5. The van der Waals surface area contributed by atoms with Gasteiger partial charge in [-0.3, -0.25) is 9.82 Å². The van der Waals surface area contributed by atoms with Gasteiger partial charge in [-0.15, -0.1) is 0 Å². The van der Waals surface area contributed by atoms with Gasteiger partial charge in [0.05, 0.1) is 22.3 Å². The SMILES string of the molecule is O=C1NCCN1CCNc1nc(Nc2ccc(S(=O)(=O)Nc3ccc4cn[nH]c4c3)cc2)nc(N2CCCCC2)n1. The minimum Gasteiger partial charge on any atom is -0.352 e. The van der Waals surface area contributed by atoms with E-state index in [9.17, 15) is 13.2 Å². The summed E-state index contributed by atoms with van der Waals surface area (Å²) in [7, 11) is -3.81. The third kappa shape index (κ3) is 6.24. The van der Waals surface area contributed by atoms with E-state index in [0.29, 0.717) is 55.4 Å². The van der Waals surface area contributed by atoms with Crippen molar-refractivity contribution in [1.82, 2.24) is 35.4 Å². The molecule has 0 bridgehead atoms. The summed E-state index contributed by atoms with van der Waals surface area (Å²) in [5, 5.41) is 16.9. The van der Waals surface area contributed by atoms with Gasteiger partial charge < -0.3 is 25.8 Å². The van der Waals surface area contributed by atoms with Gasteiger partial charge in [0.25, 0.3) is 10.0 Å². The van der Waals surface area contributed by atoms with Gasteiger partial charge in [0, 0.05) is 50.3 Å². The summed E-state index contributed by atoms with van der Waals surface area (Å²) in [4.78, 5) is 29.6. The summed E-state index contributed by atoms with van der Waals surface area (Å²) in [5.41, 5.74) is 1.80. The first kappa shape index (κ1) is 26.6. The number of piperidine rings is 1. The second kappa shape index (κ2) is 11.4. The van der Waals surface area contributed by atoms with Crippen LogP contribution in [-0.4, -0.2) is 83.8 Å². The Hall–Kier alpha value is -4.66. The quantitative estimate of drug-likeness (QED) is 0.189. The summed E-state index contributed by atoms with van der Waals surface area (Å²) < 4.78 is 28.6. The average molecular weight is 578 g/mol. The molecule has 2 aliphatic rings. The molecular formula is C26H31N11O3S. The molecular weight excluding hydrogens is 546 g/mol. The summed E-state index contributed by atoms with van der Waals surface area (Å²) in [5.74, 6) is 1.31. The van der Waals surface area contributed by atoms with Crippen molar-refractivity contribution in [2.24, 2.45) is 0 Å². The maximum atomic E-state index is 13.0. The van der Waals surface area contributed by atoms with Crippen molar-refractivity contribution in [3.63, 3.8) is 0 Å². The highest BCUT2D eigenvalue weighted by Gasteiger charge is 2.20. The Morgan fingerprint density at radius 3 is 2.46 bits per heavy atom. The fraction of sp³-hybridized carbons (Fsp3) is 0.346. The first-order valence-corrected chi connectivity index (χ1v) is 15.0. The molecule has 2 aromatic carbocycles. The highest BCUT2D eigenvalue weighted by atomic mass is 32.2. The Labute approximate surface area is 237 Å². The summed E-state index contributed by atoms with van der Waals surface area (Å²) in [6, 6.07) is 11.5. The van der Waals surface area contributed by atoms with Gasteiger partial charge in [0.2, 0.25) is 17.8 Å². The van der Waals surface area contributed by atoms with Gasteiger partial charge in [0.1, 0.15) is 0 Å². The van der Waals surface area contributed by atoms with Crippen LogP contribution in [0.25, 0.3) is 10.9 Å². The second-order valence-electron chi connectivity index (χ2n) is 9.90. The number of anilines is 5. The number of aromatic amines is 1. The number of fused-ring (bicyclic) bond motifs is 1. The molecule has 2 aliphatic heterocycles. The highest BCUT2D eigenvalue weighted by molar-refractivity contribution is 7.92. The van der Waals surface area contributed by atoms with Crippen molar-refractivity contribution in [3.8, 4) is 0 Å². The molecule has 0 unspecified atom stereocenters. The molecule has 214 valence electrons. The highest BCUT2D eigenvalue weighted by Crippen LogP contribution is 2.24. The van der Waals surface area contributed by atoms with Crippen LogP contribution in [0.4, 0.5) is 34.0 Å². The number of benzene rings is 2. The van der Waals surface area contributed by atoms with Gasteiger partial charge in [0.15, 0.2) is 0 Å². The van der Waals surface area contributed by atoms with Gasteiger partial charge in [-0.1, -0.05) is 0 Å². The Kier molecular flexibility index (Phi) is 7.41. The first-order chi connectivity index (χ1) is 19.9. The van der Waals surface area contributed by atoms with E-state index in [4.69, 9.17) is 0 Å². The molecule has 2 saturated heterocycles. The zero-order valence-electron chi connectivity index (χ0n) is 22.3. The molecule has 14 nitrogen and oxygen atoms in total. The molecule has 2 amide bonds. The van der Waals surface area contributed by atoms with E-state index in [-0.39, 0.29) is 10.9 Å². The number of H-pyrrole nitrogens is 1. The molecule has 6 rings (SSSR count). The van der Waals surface area contributed by atoms with Crippen LogP contribution in [-0.2, 0) is 10.0 Å². The normalized spacial score (nSPS) is 15.7. The minimum absolute atomic E-state index is 0.0710. The lowest BCUT2D eigenvalue weighted by Crippen LogP contribution is -2.33. The van der Waals surface area contributed by atoms with Crippen molar-refractivity contribution >= 4 is 56.2 Å². The van der Waals surface area contributed by atoms with E-state index in [2.05, 4.69) is 50.7 Å². The Morgan fingerprint density at radius 1 is 0.902 bits per heavy atom. The third-order valence-corrected chi connectivity index (χ3v) is 8.38. The molecule has 0 saturated carbocycles. The lowest BCUT2D eigenvalue weighted by Gasteiger charge is -2.27. The largest absolute Gasteiger partial charge is 0.352 e. The molecule has 2 fully saturated rings. The number of rotatable bonds is 10. The molecule has 0 radical (unpaired) electrons. The monoisotopic (exact) mass is 577 g/mol. The topological polar surface area (TPSA) is 173 Å². The predicted molar refractivity (Wildman–Crippen MR) is 156 cm³/mol. The van der Waals surface area contributed by atoms with Crippen LogP contribution in [0.3, 0.4) is 0 Å². The van der Waals surface area contributed by atoms with E-state index < -0.39 is 10.0 Å². The van der Waals surface area contributed by atoms with Crippen molar-refractivity contribution in [2.45, 2.75) is 24.2 Å². The smallest absolute Gasteiger partial charge is 0.317 e. The van der Waals surface area contributed by atoms with E-state index in [0.717, 1.165) is 36.8 Å². The van der Waals surface area contributed by atoms with Crippen LogP contribution in [0.2, 0.25) is 0 Å². The number of hydrogen-bond donors (Lipinski definition) is 5. The zero-order valence-corrected chi connectivity index (χ0v) is 23.1. The number of nitrogens with one attached hydrogen (secondary N) is 5. The summed E-state index contributed by atoms with van der Waals surface area (Å²) >= 11 is 0. The molecule has 2 aromatic heterocycles. The molecule has 41 heavy (non-hydrogen) atoms.